The van der Waals surface area contributed by atoms with E-state index in [2.05, 4.69) is 21.2 Å². The summed E-state index contributed by atoms with van der Waals surface area (Å²) in [6.07, 6.45) is -3.80. The minimum Gasteiger partial charge on any atom is -0.451 e. The average Bonchev–Trinajstić information content (AvgIpc) is 2.60. The second kappa shape index (κ2) is 8.06. The maximum atomic E-state index is 13.9. The summed E-state index contributed by atoms with van der Waals surface area (Å²) in [7, 11) is 0. The van der Waals surface area contributed by atoms with Crippen LogP contribution in [-0.2, 0) is 6.18 Å². The molecular formula is C17H7BrF5N3O. The van der Waals surface area contributed by atoms with Crippen LogP contribution < -0.4 is 10.1 Å². The molecule has 138 valence electrons. The quantitative estimate of drug-likeness (QED) is 0.473. The van der Waals surface area contributed by atoms with E-state index in [0.717, 1.165) is 6.20 Å². The standard InChI is InChI=1S/C17H7BrF5N3O/c18-12-2-1-11(5-15(12)26-8-9(6-24)7-25)27-16-13(19)3-10(4-14(16)20)17(21,22)23/h1-5,8,26H. The fourth-order valence-corrected chi connectivity index (χ4v) is 2.22. The Morgan fingerprint density at radius 1 is 1.07 bits per heavy atom. The van der Waals surface area contributed by atoms with Crippen LogP contribution in [-0.4, -0.2) is 0 Å². The zero-order valence-corrected chi connectivity index (χ0v) is 14.6. The van der Waals surface area contributed by atoms with Crippen molar-refractivity contribution in [3.63, 3.8) is 0 Å². The summed E-state index contributed by atoms with van der Waals surface area (Å²) in [5, 5.41) is 20.0. The third-order valence-corrected chi connectivity index (χ3v) is 3.79. The van der Waals surface area contributed by atoms with E-state index >= 15 is 0 Å². The Morgan fingerprint density at radius 2 is 1.67 bits per heavy atom. The molecule has 0 aliphatic heterocycles. The second-order valence-corrected chi connectivity index (χ2v) is 5.79. The van der Waals surface area contributed by atoms with E-state index in [1.165, 1.54) is 18.2 Å². The number of allylic oxidation sites excluding steroid dienone is 1. The molecule has 0 unspecified atom stereocenters. The summed E-state index contributed by atoms with van der Waals surface area (Å²) in [5.41, 5.74) is -1.43. The topological polar surface area (TPSA) is 68.8 Å². The van der Waals surface area contributed by atoms with E-state index in [1.807, 2.05) is 0 Å². The van der Waals surface area contributed by atoms with Crippen LogP contribution in [0.3, 0.4) is 0 Å². The first kappa shape index (κ1) is 20.2. The van der Waals surface area contributed by atoms with E-state index in [-0.39, 0.29) is 29.1 Å². The fraction of sp³-hybridized carbons (Fsp3) is 0.0588. The number of anilines is 1. The molecule has 0 spiro atoms. The minimum absolute atomic E-state index is 0.0953. The Morgan fingerprint density at radius 3 is 2.19 bits per heavy atom. The van der Waals surface area contributed by atoms with Gasteiger partial charge in [0.1, 0.15) is 23.5 Å². The van der Waals surface area contributed by atoms with Gasteiger partial charge in [-0.3, -0.25) is 0 Å². The Labute approximate surface area is 158 Å². The average molecular weight is 444 g/mol. The van der Waals surface area contributed by atoms with Gasteiger partial charge in [0.15, 0.2) is 17.4 Å². The van der Waals surface area contributed by atoms with E-state index in [1.54, 1.807) is 12.1 Å². The third kappa shape index (κ3) is 4.96. The van der Waals surface area contributed by atoms with E-state index in [9.17, 15) is 22.0 Å². The van der Waals surface area contributed by atoms with Crippen LogP contribution in [0.1, 0.15) is 5.56 Å². The Kier molecular flexibility index (Phi) is 6.03. The molecule has 0 heterocycles. The fourth-order valence-electron chi connectivity index (χ4n) is 1.86. The third-order valence-electron chi connectivity index (χ3n) is 3.10. The molecule has 0 aliphatic rings. The van der Waals surface area contributed by atoms with Gasteiger partial charge in [-0.05, 0) is 40.2 Å². The van der Waals surface area contributed by atoms with Crippen LogP contribution in [0.15, 0.2) is 46.6 Å². The van der Waals surface area contributed by atoms with Crippen molar-refractivity contribution in [1.29, 1.82) is 10.5 Å². The molecule has 0 fully saturated rings. The molecule has 0 saturated carbocycles. The zero-order valence-electron chi connectivity index (χ0n) is 13.0. The van der Waals surface area contributed by atoms with Crippen LogP contribution >= 0.6 is 15.9 Å². The van der Waals surface area contributed by atoms with Crippen molar-refractivity contribution in [2.75, 3.05) is 5.32 Å². The van der Waals surface area contributed by atoms with Crippen LogP contribution in [0.5, 0.6) is 11.5 Å². The summed E-state index contributed by atoms with van der Waals surface area (Å²) in [4.78, 5) is 0. The van der Waals surface area contributed by atoms with Crippen molar-refractivity contribution in [1.82, 2.24) is 0 Å². The number of rotatable bonds is 4. The maximum Gasteiger partial charge on any atom is 0.416 e. The first-order chi connectivity index (χ1) is 12.7. The van der Waals surface area contributed by atoms with Gasteiger partial charge in [0.2, 0.25) is 0 Å². The number of hydrogen-bond donors (Lipinski definition) is 1. The van der Waals surface area contributed by atoms with Crippen molar-refractivity contribution in [3.05, 3.63) is 63.8 Å². The molecule has 0 aliphatic carbocycles. The zero-order chi connectivity index (χ0) is 20.2. The van der Waals surface area contributed by atoms with E-state index < -0.39 is 29.1 Å². The molecule has 0 saturated heterocycles. The lowest BCUT2D eigenvalue weighted by atomic mass is 10.2. The molecule has 0 radical (unpaired) electrons. The first-order valence-corrected chi connectivity index (χ1v) is 7.75. The summed E-state index contributed by atoms with van der Waals surface area (Å²) < 4.78 is 71.0. The van der Waals surface area contributed by atoms with Crippen LogP contribution in [0.4, 0.5) is 27.6 Å². The lowest BCUT2D eigenvalue weighted by Gasteiger charge is -2.13. The van der Waals surface area contributed by atoms with Crippen LogP contribution in [0.2, 0.25) is 0 Å². The summed E-state index contributed by atoms with van der Waals surface area (Å²) in [5.74, 6) is -4.13. The Hall–Kier alpha value is -3.11. The number of halogens is 6. The van der Waals surface area contributed by atoms with E-state index in [0.29, 0.717) is 4.47 Å². The molecule has 2 aromatic rings. The number of nitrogens with zero attached hydrogens (tertiary/aromatic N) is 2. The van der Waals surface area contributed by atoms with Crippen molar-refractivity contribution >= 4 is 21.6 Å². The number of nitriles is 2. The summed E-state index contributed by atoms with van der Waals surface area (Å²) >= 11 is 3.18. The highest BCUT2D eigenvalue weighted by Crippen LogP contribution is 2.36. The van der Waals surface area contributed by atoms with Crippen LogP contribution in [0, 0.1) is 34.3 Å². The molecule has 27 heavy (non-hydrogen) atoms. The predicted molar refractivity (Wildman–Crippen MR) is 88.5 cm³/mol. The highest BCUT2D eigenvalue weighted by atomic mass is 79.9. The van der Waals surface area contributed by atoms with Gasteiger partial charge in [0, 0.05) is 16.7 Å². The number of ether oxygens (including phenoxy) is 1. The summed E-state index contributed by atoms with van der Waals surface area (Å²) in [6, 6.07) is 7.53. The number of nitrogens with one attached hydrogen (secondary N) is 1. The smallest absolute Gasteiger partial charge is 0.416 e. The van der Waals surface area contributed by atoms with Gasteiger partial charge < -0.3 is 10.1 Å². The highest BCUT2D eigenvalue weighted by molar-refractivity contribution is 9.10. The lowest BCUT2D eigenvalue weighted by Crippen LogP contribution is -2.07. The molecule has 2 aromatic carbocycles. The second-order valence-electron chi connectivity index (χ2n) is 4.94. The molecular weight excluding hydrogens is 437 g/mol. The predicted octanol–water partition coefficient (Wildman–Crippen LogP) is 5.88. The molecule has 1 N–H and O–H groups in total. The van der Waals surface area contributed by atoms with Gasteiger partial charge in [-0.1, -0.05) is 0 Å². The maximum absolute atomic E-state index is 13.9. The van der Waals surface area contributed by atoms with Gasteiger partial charge in [-0.25, -0.2) is 8.78 Å². The molecule has 0 aromatic heterocycles. The van der Waals surface area contributed by atoms with Crippen molar-refractivity contribution in [2.24, 2.45) is 0 Å². The van der Waals surface area contributed by atoms with Crippen molar-refractivity contribution < 1.29 is 26.7 Å². The van der Waals surface area contributed by atoms with Crippen LogP contribution in [0.25, 0.3) is 0 Å². The Bertz CT molecular complexity index is 951. The minimum atomic E-state index is -4.90. The lowest BCUT2D eigenvalue weighted by molar-refractivity contribution is -0.138. The monoisotopic (exact) mass is 443 g/mol. The molecule has 4 nitrogen and oxygen atoms in total. The van der Waals surface area contributed by atoms with E-state index in [4.69, 9.17) is 15.3 Å². The Balaban J connectivity index is 2.34. The molecule has 0 amide bonds. The van der Waals surface area contributed by atoms with Crippen molar-refractivity contribution in [3.8, 4) is 23.6 Å². The first-order valence-electron chi connectivity index (χ1n) is 6.96. The number of benzene rings is 2. The van der Waals surface area contributed by atoms with Crippen molar-refractivity contribution in [2.45, 2.75) is 6.18 Å². The van der Waals surface area contributed by atoms with Gasteiger partial charge in [0.25, 0.3) is 0 Å². The largest absolute Gasteiger partial charge is 0.451 e. The molecule has 0 bridgehead atoms. The van der Waals surface area contributed by atoms with Gasteiger partial charge in [-0.2, -0.15) is 23.7 Å². The molecule has 2 rings (SSSR count). The molecule has 10 heteroatoms. The number of alkyl halides is 3. The van der Waals surface area contributed by atoms with Gasteiger partial charge in [0.05, 0.1) is 11.3 Å². The number of hydrogen-bond acceptors (Lipinski definition) is 4. The van der Waals surface area contributed by atoms with Gasteiger partial charge >= 0.3 is 6.18 Å². The van der Waals surface area contributed by atoms with Gasteiger partial charge in [-0.15, -0.1) is 0 Å². The normalized spacial score (nSPS) is 10.5. The summed E-state index contributed by atoms with van der Waals surface area (Å²) in [6.45, 7) is 0. The molecule has 0 atom stereocenters. The SMILES string of the molecule is N#CC(C#N)=CNc1cc(Oc2c(F)cc(C(F)(F)F)cc2F)ccc1Br. The highest BCUT2D eigenvalue weighted by Gasteiger charge is 2.33.